The molecule has 1 amide bonds. The molecule has 0 aromatic rings. The summed E-state index contributed by atoms with van der Waals surface area (Å²) in [6, 6.07) is 0.388. The molecular formula is C18H36IN5O2. The summed E-state index contributed by atoms with van der Waals surface area (Å²) >= 11 is 0. The van der Waals surface area contributed by atoms with E-state index in [1.54, 1.807) is 7.05 Å². The van der Waals surface area contributed by atoms with Crippen LogP contribution in [0.4, 0.5) is 0 Å². The van der Waals surface area contributed by atoms with Crippen LogP contribution in [0.1, 0.15) is 46.0 Å². The minimum absolute atomic E-state index is 0. The summed E-state index contributed by atoms with van der Waals surface area (Å²) in [7, 11) is 1.76. The van der Waals surface area contributed by atoms with Crippen molar-refractivity contribution in [3.05, 3.63) is 0 Å². The molecule has 1 aliphatic carbocycles. The maximum absolute atomic E-state index is 12.0. The van der Waals surface area contributed by atoms with Crippen LogP contribution < -0.4 is 16.0 Å². The molecule has 8 heteroatoms. The average molecular weight is 481 g/mol. The van der Waals surface area contributed by atoms with Gasteiger partial charge in [0.05, 0.1) is 13.2 Å². The Bertz CT molecular complexity index is 447. The summed E-state index contributed by atoms with van der Waals surface area (Å²) in [5.74, 6) is 0.874. The first kappa shape index (κ1) is 23.4. The lowest BCUT2D eigenvalue weighted by molar-refractivity contribution is -0.121. The second kappa shape index (κ2) is 12.0. The Labute approximate surface area is 175 Å². The van der Waals surface area contributed by atoms with E-state index in [0.717, 1.165) is 51.6 Å². The standard InChI is InChI=1S/C18H35N5O2.HI/c1-18(2,23-10-12-25-13-11-23)14-21-17(19-3)20-9-8-16(24)22-15-6-4-5-7-15;/h15H,4-14H2,1-3H3,(H,22,24)(H2,19,20,21);1H. The molecule has 0 radical (unpaired) electrons. The van der Waals surface area contributed by atoms with Crippen LogP contribution in [0.5, 0.6) is 0 Å². The number of carbonyl (C=O) groups excluding carboxylic acids is 1. The van der Waals surface area contributed by atoms with Crippen LogP contribution in [0, 0.1) is 0 Å². The minimum Gasteiger partial charge on any atom is -0.379 e. The summed E-state index contributed by atoms with van der Waals surface area (Å²) in [6.07, 6.45) is 5.19. The van der Waals surface area contributed by atoms with Crippen molar-refractivity contribution >= 4 is 35.8 Å². The molecule has 2 aliphatic rings. The number of nitrogens with one attached hydrogen (secondary N) is 3. The van der Waals surface area contributed by atoms with Gasteiger partial charge in [0.15, 0.2) is 5.96 Å². The summed E-state index contributed by atoms with van der Waals surface area (Å²) in [4.78, 5) is 18.7. The molecule has 152 valence electrons. The zero-order chi connectivity index (χ0) is 18.1. The van der Waals surface area contributed by atoms with Crippen molar-refractivity contribution < 1.29 is 9.53 Å². The Morgan fingerprint density at radius 2 is 1.85 bits per heavy atom. The highest BCUT2D eigenvalue weighted by molar-refractivity contribution is 14.0. The number of nitrogens with zero attached hydrogens (tertiary/aromatic N) is 2. The van der Waals surface area contributed by atoms with E-state index in [0.29, 0.717) is 19.0 Å². The number of carbonyl (C=O) groups is 1. The van der Waals surface area contributed by atoms with Crippen LogP contribution in [0.25, 0.3) is 0 Å². The molecule has 0 unspecified atom stereocenters. The maximum Gasteiger partial charge on any atom is 0.221 e. The molecule has 7 nitrogen and oxygen atoms in total. The molecule has 3 N–H and O–H groups in total. The number of ether oxygens (including phenoxy) is 1. The third-order valence-corrected chi connectivity index (χ3v) is 5.14. The first-order chi connectivity index (χ1) is 12.0. The van der Waals surface area contributed by atoms with Crippen molar-refractivity contribution in [2.75, 3.05) is 46.4 Å². The third-order valence-electron chi connectivity index (χ3n) is 5.14. The van der Waals surface area contributed by atoms with Gasteiger partial charge < -0.3 is 20.7 Å². The highest BCUT2D eigenvalue weighted by atomic mass is 127. The van der Waals surface area contributed by atoms with Gasteiger partial charge in [-0.15, -0.1) is 24.0 Å². The molecule has 2 rings (SSSR count). The predicted octanol–water partition coefficient (Wildman–Crippen LogP) is 1.33. The number of rotatable bonds is 7. The Morgan fingerprint density at radius 3 is 2.46 bits per heavy atom. The fourth-order valence-corrected chi connectivity index (χ4v) is 3.47. The molecule has 2 fully saturated rings. The normalized spacial score (nSPS) is 19.7. The minimum atomic E-state index is 0. The lowest BCUT2D eigenvalue weighted by atomic mass is 10.0. The largest absolute Gasteiger partial charge is 0.379 e. The van der Waals surface area contributed by atoms with Crippen molar-refractivity contribution in [2.24, 2.45) is 4.99 Å². The van der Waals surface area contributed by atoms with E-state index in [2.05, 4.69) is 39.7 Å². The van der Waals surface area contributed by atoms with Gasteiger partial charge in [0, 0.05) is 51.2 Å². The first-order valence-corrected chi connectivity index (χ1v) is 9.58. The average Bonchev–Trinajstić information content (AvgIpc) is 3.11. The Kier molecular flexibility index (Phi) is 10.8. The quantitative estimate of drug-likeness (QED) is 0.291. The smallest absolute Gasteiger partial charge is 0.221 e. The lowest BCUT2D eigenvalue weighted by Gasteiger charge is -2.41. The fourth-order valence-electron chi connectivity index (χ4n) is 3.47. The van der Waals surface area contributed by atoms with Gasteiger partial charge in [-0.25, -0.2) is 0 Å². The maximum atomic E-state index is 12.0. The van der Waals surface area contributed by atoms with E-state index >= 15 is 0 Å². The van der Waals surface area contributed by atoms with Crippen molar-refractivity contribution in [3.63, 3.8) is 0 Å². The van der Waals surface area contributed by atoms with Crippen LogP contribution in [0.15, 0.2) is 4.99 Å². The summed E-state index contributed by atoms with van der Waals surface area (Å²) in [5, 5.41) is 9.73. The van der Waals surface area contributed by atoms with Crippen LogP contribution in [-0.2, 0) is 9.53 Å². The molecule has 0 atom stereocenters. The number of hydrogen-bond donors (Lipinski definition) is 3. The molecule has 1 saturated carbocycles. The Hall–Kier alpha value is -0.610. The Morgan fingerprint density at radius 1 is 1.19 bits per heavy atom. The van der Waals surface area contributed by atoms with E-state index in [4.69, 9.17) is 4.74 Å². The van der Waals surface area contributed by atoms with Crippen molar-refractivity contribution in [1.29, 1.82) is 0 Å². The van der Waals surface area contributed by atoms with Crippen LogP contribution in [-0.4, -0.2) is 74.8 Å². The number of halogens is 1. The topological polar surface area (TPSA) is 78.0 Å². The van der Waals surface area contributed by atoms with Crippen molar-refractivity contribution in [3.8, 4) is 0 Å². The molecule has 0 spiro atoms. The second-order valence-corrected chi connectivity index (χ2v) is 7.56. The summed E-state index contributed by atoms with van der Waals surface area (Å²) in [5.41, 5.74) is 0.0290. The monoisotopic (exact) mass is 481 g/mol. The molecule has 1 heterocycles. The molecular weight excluding hydrogens is 445 g/mol. The molecule has 1 saturated heterocycles. The third kappa shape index (κ3) is 7.96. The summed E-state index contributed by atoms with van der Waals surface area (Å²) < 4.78 is 5.43. The van der Waals surface area contributed by atoms with Gasteiger partial charge in [-0.05, 0) is 26.7 Å². The van der Waals surface area contributed by atoms with E-state index in [9.17, 15) is 4.79 Å². The molecule has 0 bridgehead atoms. The van der Waals surface area contributed by atoms with Crippen LogP contribution in [0.3, 0.4) is 0 Å². The first-order valence-electron chi connectivity index (χ1n) is 9.58. The predicted molar refractivity (Wildman–Crippen MR) is 116 cm³/mol. The fraction of sp³-hybridized carbons (Fsp3) is 0.889. The summed E-state index contributed by atoms with van der Waals surface area (Å²) in [6.45, 7) is 9.36. The van der Waals surface area contributed by atoms with Crippen LogP contribution in [0.2, 0.25) is 0 Å². The van der Waals surface area contributed by atoms with Gasteiger partial charge in [-0.3, -0.25) is 14.7 Å². The number of aliphatic imine (C=N–C) groups is 1. The van der Waals surface area contributed by atoms with Gasteiger partial charge in [0.25, 0.3) is 0 Å². The zero-order valence-electron chi connectivity index (χ0n) is 16.5. The zero-order valence-corrected chi connectivity index (χ0v) is 18.8. The van der Waals surface area contributed by atoms with E-state index in [-0.39, 0.29) is 35.4 Å². The van der Waals surface area contributed by atoms with Gasteiger partial charge >= 0.3 is 0 Å². The van der Waals surface area contributed by atoms with Gasteiger partial charge in [-0.1, -0.05) is 12.8 Å². The number of amides is 1. The highest BCUT2D eigenvalue weighted by Gasteiger charge is 2.28. The van der Waals surface area contributed by atoms with Gasteiger partial charge in [-0.2, -0.15) is 0 Å². The molecule has 0 aromatic heterocycles. The lowest BCUT2D eigenvalue weighted by Crippen LogP contribution is -2.56. The van der Waals surface area contributed by atoms with E-state index in [1.807, 2.05) is 0 Å². The molecule has 0 aromatic carbocycles. The molecule has 1 aliphatic heterocycles. The number of hydrogen-bond acceptors (Lipinski definition) is 4. The van der Waals surface area contributed by atoms with Crippen LogP contribution >= 0.6 is 24.0 Å². The Balaban J connectivity index is 0.00000338. The van der Waals surface area contributed by atoms with Gasteiger partial charge in [0.1, 0.15) is 0 Å². The number of guanidine groups is 1. The number of morpholine rings is 1. The van der Waals surface area contributed by atoms with Crippen molar-refractivity contribution in [1.82, 2.24) is 20.9 Å². The van der Waals surface area contributed by atoms with Gasteiger partial charge in [0.2, 0.25) is 5.91 Å². The highest BCUT2D eigenvalue weighted by Crippen LogP contribution is 2.17. The second-order valence-electron chi connectivity index (χ2n) is 7.56. The van der Waals surface area contributed by atoms with E-state index in [1.165, 1.54) is 12.8 Å². The molecule has 26 heavy (non-hydrogen) atoms. The SMILES string of the molecule is CN=C(NCCC(=O)NC1CCCC1)NCC(C)(C)N1CCOCC1.I. The van der Waals surface area contributed by atoms with E-state index < -0.39 is 0 Å². The van der Waals surface area contributed by atoms with Crippen molar-refractivity contribution in [2.45, 2.75) is 57.5 Å².